The highest BCUT2D eigenvalue weighted by atomic mass is 35.5. The number of hydrogen-bond donors (Lipinski definition) is 2. The zero-order valence-corrected chi connectivity index (χ0v) is 16.6. The smallest absolute Gasteiger partial charge is 0.322 e. The molecule has 3 rings (SSSR count). The van der Waals surface area contributed by atoms with Gasteiger partial charge in [0.1, 0.15) is 5.54 Å². The molecule has 1 aliphatic heterocycles. The molecule has 0 bridgehead atoms. The van der Waals surface area contributed by atoms with Crippen LogP contribution in [0.5, 0.6) is 0 Å². The minimum atomic E-state index is -4.63. The summed E-state index contributed by atoms with van der Waals surface area (Å²) < 4.78 is 40.0. The highest BCUT2D eigenvalue weighted by molar-refractivity contribution is 7.99. The predicted molar refractivity (Wildman–Crippen MR) is 95.9 cm³/mol. The quantitative estimate of drug-likeness (QED) is 0.534. The van der Waals surface area contributed by atoms with Crippen molar-refractivity contribution in [1.29, 1.82) is 0 Å². The number of carbonyl (C=O) groups excluding carboxylic acids is 3. The molecule has 2 N–H and O–H groups in total. The number of hydrazine groups is 1. The van der Waals surface area contributed by atoms with E-state index in [4.69, 9.17) is 11.6 Å². The molecule has 2 aromatic rings. The number of halogens is 4. The highest BCUT2D eigenvalue weighted by Crippen LogP contribution is 2.33. The first kappa shape index (κ1) is 21.2. The molecule has 29 heavy (non-hydrogen) atoms. The van der Waals surface area contributed by atoms with Gasteiger partial charge in [-0.15, -0.1) is 10.2 Å². The zero-order valence-electron chi connectivity index (χ0n) is 15.0. The molecule has 14 heteroatoms. The summed E-state index contributed by atoms with van der Waals surface area (Å²) in [6.45, 7) is 3.23. The summed E-state index contributed by atoms with van der Waals surface area (Å²) in [7, 11) is 0. The molecule has 4 amide bonds. The summed E-state index contributed by atoms with van der Waals surface area (Å²) in [6.07, 6.45) is -3.53. The van der Waals surface area contributed by atoms with Crippen molar-refractivity contribution in [2.24, 2.45) is 0 Å². The van der Waals surface area contributed by atoms with Crippen LogP contribution in [0, 0.1) is 0 Å². The average Bonchev–Trinajstić information content (AvgIpc) is 3.14. The third-order valence-corrected chi connectivity index (χ3v) is 5.51. The van der Waals surface area contributed by atoms with E-state index in [-0.39, 0.29) is 21.6 Å². The second-order valence-electron chi connectivity index (χ2n) is 6.33. The lowest BCUT2D eigenvalue weighted by Gasteiger charge is -2.19. The van der Waals surface area contributed by atoms with Gasteiger partial charge >= 0.3 is 12.2 Å². The molecule has 0 saturated carbocycles. The SMILES string of the molecule is CCC1(C)NC(=O)N(NC(=O)CSc2nnc3c(Cl)cc(C(F)(F)F)cn23)C1=O. The third kappa shape index (κ3) is 3.96. The first-order valence-corrected chi connectivity index (χ1v) is 9.53. The van der Waals surface area contributed by atoms with E-state index in [1.807, 2.05) is 0 Å². The number of nitrogens with zero attached hydrogens (tertiary/aromatic N) is 4. The van der Waals surface area contributed by atoms with Gasteiger partial charge < -0.3 is 5.32 Å². The number of fused-ring (bicyclic) bond motifs is 1. The largest absolute Gasteiger partial charge is 0.417 e. The number of nitrogens with one attached hydrogen (secondary N) is 2. The van der Waals surface area contributed by atoms with Gasteiger partial charge in [0, 0.05) is 6.20 Å². The van der Waals surface area contributed by atoms with Gasteiger partial charge in [-0.25, -0.2) is 4.79 Å². The minimum Gasteiger partial charge on any atom is -0.322 e. The molecule has 0 aliphatic carbocycles. The summed E-state index contributed by atoms with van der Waals surface area (Å²) in [5, 5.41) is 10.2. The standard InChI is InChI=1S/C15H14ClF3N6O3S/c1-3-14(2)11(27)25(12(28)20-14)23-9(26)6-29-13-22-21-10-8(16)4-7(5-24(10)13)15(17,18)19/h4-5H,3,6H2,1-2H3,(H,20,28)(H,23,26). The monoisotopic (exact) mass is 450 g/mol. The summed E-state index contributed by atoms with van der Waals surface area (Å²) in [5.41, 5.74) is 0.0494. The average molecular weight is 451 g/mol. The molecular weight excluding hydrogens is 437 g/mol. The van der Waals surface area contributed by atoms with Crippen molar-refractivity contribution in [1.82, 2.24) is 30.3 Å². The Balaban J connectivity index is 1.73. The molecule has 0 spiro atoms. The first-order chi connectivity index (χ1) is 13.5. The van der Waals surface area contributed by atoms with Crippen LogP contribution < -0.4 is 10.7 Å². The van der Waals surface area contributed by atoms with Crippen LogP contribution in [0.25, 0.3) is 5.65 Å². The van der Waals surface area contributed by atoms with E-state index in [0.717, 1.165) is 28.4 Å². The molecule has 156 valence electrons. The molecule has 1 fully saturated rings. The Bertz CT molecular complexity index is 1010. The van der Waals surface area contributed by atoms with E-state index in [1.54, 1.807) is 6.92 Å². The van der Waals surface area contributed by atoms with E-state index in [9.17, 15) is 27.6 Å². The van der Waals surface area contributed by atoms with Gasteiger partial charge in [-0.2, -0.15) is 18.2 Å². The van der Waals surface area contributed by atoms with Gasteiger partial charge in [-0.05, 0) is 19.4 Å². The summed E-state index contributed by atoms with van der Waals surface area (Å²) in [5.74, 6) is -1.68. The summed E-state index contributed by atoms with van der Waals surface area (Å²) >= 11 is 6.60. The van der Waals surface area contributed by atoms with Crippen LogP contribution in [-0.4, -0.2) is 48.7 Å². The van der Waals surface area contributed by atoms with Gasteiger partial charge in [0.05, 0.1) is 16.3 Å². The summed E-state index contributed by atoms with van der Waals surface area (Å²) in [6, 6.07) is -0.0399. The number of hydrogen-bond acceptors (Lipinski definition) is 6. The van der Waals surface area contributed by atoms with Crippen molar-refractivity contribution in [2.45, 2.75) is 37.1 Å². The molecule has 2 aromatic heterocycles. The van der Waals surface area contributed by atoms with Crippen molar-refractivity contribution < 1.29 is 27.6 Å². The van der Waals surface area contributed by atoms with Crippen molar-refractivity contribution >= 4 is 46.9 Å². The Hall–Kier alpha value is -2.54. The third-order valence-electron chi connectivity index (χ3n) is 4.29. The van der Waals surface area contributed by atoms with Crippen LogP contribution in [-0.2, 0) is 15.8 Å². The number of thioether (sulfide) groups is 1. The molecule has 1 saturated heterocycles. The lowest BCUT2D eigenvalue weighted by Crippen LogP contribution is -2.49. The minimum absolute atomic E-state index is 0.00427. The fourth-order valence-corrected chi connectivity index (χ4v) is 3.45. The lowest BCUT2D eigenvalue weighted by molar-refractivity contribution is -0.138. The Morgan fingerprint density at radius 2 is 2.07 bits per heavy atom. The second-order valence-corrected chi connectivity index (χ2v) is 7.68. The zero-order chi connectivity index (χ0) is 21.6. The summed E-state index contributed by atoms with van der Waals surface area (Å²) in [4.78, 5) is 36.3. The van der Waals surface area contributed by atoms with Crippen molar-refractivity contribution in [2.75, 3.05) is 5.75 Å². The van der Waals surface area contributed by atoms with Crippen LogP contribution in [0.3, 0.4) is 0 Å². The van der Waals surface area contributed by atoms with Gasteiger partial charge in [-0.1, -0.05) is 30.3 Å². The molecule has 0 aromatic carbocycles. The van der Waals surface area contributed by atoms with E-state index in [1.165, 1.54) is 6.92 Å². The fraction of sp³-hybridized carbons (Fsp3) is 0.400. The number of alkyl halides is 3. The van der Waals surface area contributed by atoms with Crippen LogP contribution in [0.4, 0.5) is 18.0 Å². The number of pyridine rings is 1. The molecule has 1 aliphatic rings. The number of rotatable bonds is 5. The van der Waals surface area contributed by atoms with Gasteiger partial charge in [0.15, 0.2) is 10.8 Å². The molecule has 9 nitrogen and oxygen atoms in total. The highest BCUT2D eigenvalue weighted by Gasteiger charge is 2.47. The lowest BCUT2D eigenvalue weighted by atomic mass is 10.00. The Morgan fingerprint density at radius 3 is 2.66 bits per heavy atom. The maximum Gasteiger partial charge on any atom is 0.417 e. The van der Waals surface area contributed by atoms with E-state index in [0.29, 0.717) is 11.4 Å². The van der Waals surface area contributed by atoms with E-state index in [2.05, 4.69) is 20.9 Å². The number of amides is 4. The van der Waals surface area contributed by atoms with Crippen molar-refractivity contribution in [3.63, 3.8) is 0 Å². The van der Waals surface area contributed by atoms with Crippen LogP contribution in [0.15, 0.2) is 17.4 Å². The van der Waals surface area contributed by atoms with Crippen molar-refractivity contribution in [3.05, 3.63) is 22.8 Å². The van der Waals surface area contributed by atoms with E-state index < -0.39 is 35.1 Å². The van der Waals surface area contributed by atoms with Gasteiger partial charge in [0.25, 0.3) is 5.91 Å². The Morgan fingerprint density at radius 1 is 1.38 bits per heavy atom. The molecule has 1 atom stereocenters. The van der Waals surface area contributed by atoms with Crippen LogP contribution in [0.2, 0.25) is 5.02 Å². The normalized spacial score (nSPS) is 19.7. The Kier molecular flexibility index (Phi) is 5.38. The molecule has 3 heterocycles. The van der Waals surface area contributed by atoms with E-state index >= 15 is 0 Å². The number of urea groups is 1. The number of imide groups is 1. The second kappa shape index (κ2) is 7.37. The number of carbonyl (C=O) groups is 3. The molecule has 1 unspecified atom stereocenters. The van der Waals surface area contributed by atoms with Gasteiger partial charge in [0.2, 0.25) is 5.91 Å². The Labute approximate surface area is 170 Å². The fourth-order valence-electron chi connectivity index (χ4n) is 2.50. The predicted octanol–water partition coefficient (Wildman–Crippen LogP) is 2.25. The topological polar surface area (TPSA) is 109 Å². The number of aromatic nitrogens is 3. The molecule has 0 radical (unpaired) electrons. The van der Waals surface area contributed by atoms with Crippen LogP contribution >= 0.6 is 23.4 Å². The maximum absolute atomic E-state index is 13.0. The maximum atomic E-state index is 13.0. The first-order valence-electron chi connectivity index (χ1n) is 8.16. The van der Waals surface area contributed by atoms with Crippen LogP contribution in [0.1, 0.15) is 25.8 Å². The van der Waals surface area contributed by atoms with Gasteiger partial charge in [-0.3, -0.25) is 19.4 Å². The van der Waals surface area contributed by atoms with Crippen molar-refractivity contribution in [3.8, 4) is 0 Å². The molecular formula is C15H14ClF3N6O3S.